The van der Waals surface area contributed by atoms with Crippen LogP contribution in [-0.2, 0) is 9.53 Å². The Labute approximate surface area is 195 Å². The third kappa shape index (κ3) is 7.04. The number of hydrogen-bond donors (Lipinski definition) is 1. The van der Waals surface area contributed by atoms with Crippen LogP contribution in [0.5, 0.6) is 5.75 Å². The smallest absolute Gasteiger partial charge is 0.349 e. The van der Waals surface area contributed by atoms with Crippen LogP contribution in [0.15, 0.2) is 60.3 Å². The second-order valence-electron chi connectivity index (χ2n) is 8.11. The molecule has 2 aromatic carbocycles. The van der Waals surface area contributed by atoms with Crippen molar-refractivity contribution in [1.29, 1.82) is 0 Å². The van der Waals surface area contributed by atoms with Gasteiger partial charge in [0.1, 0.15) is 11.3 Å². The van der Waals surface area contributed by atoms with Gasteiger partial charge in [-0.25, -0.2) is 9.59 Å². The molecular weight excluding hydrogens is 418 g/mol. The third-order valence-electron chi connectivity index (χ3n) is 5.53. The topological polar surface area (TPSA) is 81.7 Å². The molecule has 1 heterocycles. The molecule has 174 valence electrons. The number of carbonyl (C=O) groups is 3. The number of ether oxygens (including phenoxy) is 2. The molecule has 6 nitrogen and oxygen atoms in total. The number of benzene rings is 2. The minimum atomic E-state index is -0.702. The van der Waals surface area contributed by atoms with Crippen molar-refractivity contribution in [2.75, 3.05) is 11.9 Å². The maximum atomic E-state index is 12.5. The first kappa shape index (κ1) is 24.2. The predicted molar refractivity (Wildman–Crippen MR) is 127 cm³/mol. The number of nitrogens with one attached hydrogen (secondary N) is 1. The molecule has 0 aromatic heterocycles. The van der Waals surface area contributed by atoms with E-state index < -0.39 is 11.8 Å². The lowest BCUT2D eigenvalue weighted by Gasteiger charge is -2.16. The highest BCUT2D eigenvalue weighted by molar-refractivity contribution is 6.27. The molecule has 0 spiro atoms. The van der Waals surface area contributed by atoms with Crippen molar-refractivity contribution >= 4 is 23.4 Å². The molecule has 33 heavy (non-hydrogen) atoms. The number of esters is 2. The molecular formula is C27H31NO5. The van der Waals surface area contributed by atoms with Gasteiger partial charge >= 0.3 is 11.9 Å². The first-order chi connectivity index (χ1) is 16.1. The van der Waals surface area contributed by atoms with E-state index in [9.17, 15) is 14.4 Å². The van der Waals surface area contributed by atoms with E-state index >= 15 is 0 Å². The monoisotopic (exact) mass is 449 g/mol. The van der Waals surface area contributed by atoms with Crippen LogP contribution < -0.4 is 10.1 Å². The molecule has 0 unspecified atom stereocenters. The maximum Gasteiger partial charge on any atom is 0.349 e. The zero-order valence-corrected chi connectivity index (χ0v) is 19.1. The van der Waals surface area contributed by atoms with Crippen LogP contribution in [0.1, 0.15) is 79.0 Å². The summed E-state index contributed by atoms with van der Waals surface area (Å²) >= 11 is 0. The van der Waals surface area contributed by atoms with E-state index in [1.54, 1.807) is 48.5 Å². The van der Waals surface area contributed by atoms with E-state index in [1.165, 1.54) is 44.7 Å². The molecule has 3 rings (SSSR count). The normalized spacial score (nSPS) is 14.0. The molecule has 0 aliphatic carbocycles. The van der Waals surface area contributed by atoms with Crippen molar-refractivity contribution in [1.82, 2.24) is 0 Å². The second kappa shape index (κ2) is 12.6. The lowest BCUT2D eigenvalue weighted by Crippen LogP contribution is -2.25. The van der Waals surface area contributed by atoms with Crippen LogP contribution in [0.4, 0.5) is 5.69 Å². The third-order valence-corrected chi connectivity index (χ3v) is 5.53. The first-order valence-electron chi connectivity index (χ1n) is 11.7. The van der Waals surface area contributed by atoms with Gasteiger partial charge in [-0.1, -0.05) is 64.0 Å². The molecule has 6 heteroatoms. The average molecular weight is 450 g/mol. The molecule has 1 aliphatic rings. The number of carbonyl (C=O) groups excluding carboxylic acids is 3. The van der Waals surface area contributed by atoms with Crippen LogP contribution in [0, 0.1) is 0 Å². The quantitative estimate of drug-likeness (QED) is 0.139. The van der Waals surface area contributed by atoms with Crippen molar-refractivity contribution < 1.29 is 23.9 Å². The zero-order chi connectivity index (χ0) is 23.5. The summed E-state index contributed by atoms with van der Waals surface area (Å²) in [6, 6.07) is 13.3. The lowest BCUT2D eigenvalue weighted by atomic mass is 10.0. The van der Waals surface area contributed by atoms with Crippen molar-refractivity contribution in [3.8, 4) is 5.75 Å². The predicted octanol–water partition coefficient (Wildman–Crippen LogP) is 6.08. The number of fused-ring (bicyclic) bond motifs is 1. The van der Waals surface area contributed by atoms with Gasteiger partial charge in [0.05, 0.1) is 17.7 Å². The van der Waals surface area contributed by atoms with E-state index in [2.05, 4.69) is 12.2 Å². The van der Waals surface area contributed by atoms with Crippen molar-refractivity contribution in [3.63, 3.8) is 0 Å². The molecule has 0 saturated carbocycles. The fourth-order valence-electron chi connectivity index (χ4n) is 3.60. The Morgan fingerprint density at radius 1 is 0.909 bits per heavy atom. The van der Waals surface area contributed by atoms with E-state index in [0.717, 1.165) is 12.8 Å². The highest BCUT2D eigenvalue weighted by atomic mass is 16.5. The Kier molecular flexibility index (Phi) is 9.24. The molecule has 1 N–H and O–H groups in total. The van der Waals surface area contributed by atoms with Gasteiger partial charge < -0.3 is 14.8 Å². The van der Waals surface area contributed by atoms with Gasteiger partial charge in [-0.3, -0.25) is 4.79 Å². The van der Waals surface area contributed by atoms with Gasteiger partial charge in [-0.15, -0.1) is 0 Å². The van der Waals surface area contributed by atoms with Gasteiger partial charge in [0.25, 0.3) is 0 Å². The molecule has 0 bridgehead atoms. The van der Waals surface area contributed by atoms with Gasteiger partial charge in [0.2, 0.25) is 5.78 Å². The minimum absolute atomic E-state index is 0.0810. The molecule has 0 atom stereocenters. The maximum absolute atomic E-state index is 12.5. The molecule has 1 aliphatic heterocycles. The number of para-hydroxylation sites is 1. The summed E-state index contributed by atoms with van der Waals surface area (Å²) in [6.45, 7) is 2.64. The van der Waals surface area contributed by atoms with Crippen LogP contribution in [0.25, 0.3) is 0 Å². The van der Waals surface area contributed by atoms with Crippen molar-refractivity contribution in [2.24, 2.45) is 0 Å². The Balaban J connectivity index is 1.43. The van der Waals surface area contributed by atoms with Gasteiger partial charge in [0.15, 0.2) is 0 Å². The van der Waals surface area contributed by atoms with Crippen LogP contribution in [0.3, 0.4) is 0 Å². The van der Waals surface area contributed by atoms with Crippen LogP contribution in [-0.4, -0.2) is 24.3 Å². The van der Waals surface area contributed by atoms with E-state index in [0.29, 0.717) is 23.4 Å². The fraction of sp³-hybridized carbons (Fsp3) is 0.370. The van der Waals surface area contributed by atoms with E-state index in [1.807, 2.05) is 0 Å². The Hall–Kier alpha value is -3.41. The Bertz CT molecular complexity index is 994. The van der Waals surface area contributed by atoms with Gasteiger partial charge in [0, 0.05) is 11.9 Å². The average Bonchev–Trinajstić information content (AvgIpc) is 2.83. The van der Waals surface area contributed by atoms with Crippen LogP contribution in [0.2, 0.25) is 0 Å². The SMILES string of the molecule is CCCCCCCCCCOC(=O)c1ccc(NC=C2C(=O)Oc3ccccc3C2=O)cc1. The number of rotatable bonds is 12. The molecule has 2 aromatic rings. The first-order valence-corrected chi connectivity index (χ1v) is 11.7. The minimum Gasteiger partial charge on any atom is -0.462 e. The largest absolute Gasteiger partial charge is 0.462 e. The van der Waals surface area contributed by atoms with Crippen molar-refractivity contribution in [3.05, 3.63) is 71.4 Å². The highest BCUT2D eigenvalue weighted by Gasteiger charge is 2.30. The molecule has 0 radical (unpaired) electrons. The van der Waals surface area contributed by atoms with E-state index in [4.69, 9.17) is 9.47 Å². The van der Waals surface area contributed by atoms with E-state index in [-0.39, 0.29) is 17.3 Å². The summed E-state index contributed by atoms with van der Waals surface area (Å²) in [7, 11) is 0. The van der Waals surface area contributed by atoms with Crippen LogP contribution >= 0.6 is 0 Å². The number of ketones is 1. The fourth-order valence-corrected chi connectivity index (χ4v) is 3.60. The van der Waals surface area contributed by atoms with Gasteiger partial charge in [-0.05, 0) is 42.8 Å². The zero-order valence-electron chi connectivity index (χ0n) is 19.1. The number of anilines is 1. The number of hydrogen-bond acceptors (Lipinski definition) is 6. The highest BCUT2D eigenvalue weighted by Crippen LogP contribution is 2.27. The summed E-state index contributed by atoms with van der Waals surface area (Å²) in [5.41, 5.74) is 1.35. The Morgan fingerprint density at radius 3 is 2.30 bits per heavy atom. The van der Waals surface area contributed by atoms with Gasteiger partial charge in [-0.2, -0.15) is 0 Å². The summed E-state index contributed by atoms with van der Waals surface area (Å²) < 4.78 is 10.6. The lowest BCUT2D eigenvalue weighted by molar-refractivity contribution is -0.130. The Morgan fingerprint density at radius 2 is 1.58 bits per heavy atom. The summed E-state index contributed by atoms with van der Waals surface area (Å²) in [4.78, 5) is 36.9. The standard InChI is InChI=1S/C27H31NO5/c1-2-3-4-5-6-7-8-11-18-32-26(30)20-14-16-21(17-15-20)28-19-23-25(29)22-12-9-10-13-24(22)33-27(23)31/h9-10,12-17,19,28H,2-8,11,18H2,1H3. The van der Waals surface area contributed by atoms with Crippen molar-refractivity contribution in [2.45, 2.75) is 58.3 Å². The summed E-state index contributed by atoms with van der Waals surface area (Å²) in [5.74, 6) is -1.19. The molecule has 0 fully saturated rings. The number of Topliss-reactive ketones (excluding diaryl/α,β-unsaturated/α-hetero) is 1. The summed E-state index contributed by atoms with van der Waals surface area (Å²) in [6.07, 6.45) is 10.9. The molecule has 0 amide bonds. The summed E-state index contributed by atoms with van der Waals surface area (Å²) in [5, 5.41) is 2.92. The second-order valence-corrected chi connectivity index (χ2v) is 8.11. The molecule has 0 saturated heterocycles. The number of unbranched alkanes of at least 4 members (excludes halogenated alkanes) is 7.